The third-order valence-electron chi connectivity index (χ3n) is 5.51. The smallest absolute Gasteiger partial charge is 0.0697 e. The molecule has 3 heteroatoms. The standard InChI is InChI=1S/C15H26N2O/c1-6-15(7-1)10-12(5-9-18-15)16-13-4-8-17(11-13)14-2-3-14/h12-14,16H,1-11H2. The summed E-state index contributed by atoms with van der Waals surface area (Å²) in [6.07, 6.45) is 10.8. The molecule has 2 saturated heterocycles. The van der Waals surface area contributed by atoms with Crippen LogP contribution in [0.4, 0.5) is 0 Å². The van der Waals surface area contributed by atoms with Gasteiger partial charge in [0, 0.05) is 37.8 Å². The van der Waals surface area contributed by atoms with Crippen LogP contribution >= 0.6 is 0 Å². The fourth-order valence-electron chi connectivity index (χ4n) is 4.12. The van der Waals surface area contributed by atoms with Gasteiger partial charge < -0.3 is 10.1 Å². The van der Waals surface area contributed by atoms with Crippen LogP contribution in [0, 0.1) is 0 Å². The van der Waals surface area contributed by atoms with E-state index in [4.69, 9.17) is 4.74 Å². The number of likely N-dealkylation sites (tertiary alicyclic amines) is 1. The molecule has 3 nitrogen and oxygen atoms in total. The van der Waals surface area contributed by atoms with Crippen LogP contribution in [0.25, 0.3) is 0 Å². The van der Waals surface area contributed by atoms with E-state index in [9.17, 15) is 0 Å². The molecule has 0 aromatic heterocycles. The molecule has 2 saturated carbocycles. The van der Waals surface area contributed by atoms with Crippen molar-refractivity contribution in [2.24, 2.45) is 0 Å². The van der Waals surface area contributed by atoms with Crippen molar-refractivity contribution in [3.05, 3.63) is 0 Å². The van der Waals surface area contributed by atoms with Gasteiger partial charge in [0.15, 0.2) is 0 Å². The summed E-state index contributed by atoms with van der Waals surface area (Å²) in [4.78, 5) is 2.70. The number of rotatable bonds is 3. The fourth-order valence-corrected chi connectivity index (χ4v) is 4.12. The van der Waals surface area contributed by atoms with Gasteiger partial charge in [-0.05, 0) is 51.4 Å². The molecule has 2 heterocycles. The molecule has 2 aliphatic carbocycles. The molecule has 4 aliphatic rings. The molecule has 102 valence electrons. The minimum Gasteiger partial charge on any atom is -0.375 e. The maximum Gasteiger partial charge on any atom is 0.0697 e. The van der Waals surface area contributed by atoms with E-state index >= 15 is 0 Å². The molecule has 0 aromatic rings. The van der Waals surface area contributed by atoms with Crippen LogP contribution in [-0.2, 0) is 4.74 Å². The van der Waals surface area contributed by atoms with Gasteiger partial charge in [-0.3, -0.25) is 4.90 Å². The average Bonchev–Trinajstić information content (AvgIpc) is 3.09. The molecule has 1 spiro atoms. The summed E-state index contributed by atoms with van der Waals surface area (Å²) >= 11 is 0. The van der Waals surface area contributed by atoms with Crippen LogP contribution in [0.1, 0.15) is 51.4 Å². The zero-order chi connectivity index (χ0) is 12.0. The molecule has 18 heavy (non-hydrogen) atoms. The monoisotopic (exact) mass is 250 g/mol. The molecule has 0 aromatic carbocycles. The molecule has 2 atom stereocenters. The third kappa shape index (κ3) is 2.21. The van der Waals surface area contributed by atoms with E-state index in [0.717, 1.165) is 24.7 Å². The Morgan fingerprint density at radius 3 is 2.67 bits per heavy atom. The first kappa shape index (κ1) is 11.7. The zero-order valence-electron chi connectivity index (χ0n) is 11.4. The highest BCUT2D eigenvalue weighted by Crippen LogP contribution is 2.42. The summed E-state index contributed by atoms with van der Waals surface area (Å²) < 4.78 is 6.02. The zero-order valence-corrected chi connectivity index (χ0v) is 11.4. The van der Waals surface area contributed by atoms with Gasteiger partial charge in [0.05, 0.1) is 5.60 Å². The highest BCUT2D eigenvalue weighted by atomic mass is 16.5. The van der Waals surface area contributed by atoms with Gasteiger partial charge >= 0.3 is 0 Å². The van der Waals surface area contributed by atoms with Crippen LogP contribution in [0.5, 0.6) is 0 Å². The van der Waals surface area contributed by atoms with E-state index in [1.165, 1.54) is 64.5 Å². The number of hydrogen-bond donors (Lipinski definition) is 1. The van der Waals surface area contributed by atoms with Crippen molar-refractivity contribution in [3.63, 3.8) is 0 Å². The molecular weight excluding hydrogens is 224 g/mol. The van der Waals surface area contributed by atoms with Crippen LogP contribution < -0.4 is 5.32 Å². The minimum atomic E-state index is 0.296. The van der Waals surface area contributed by atoms with E-state index in [-0.39, 0.29) is 0 Å². The van der Waals surface area contributed by atoms with Crippen LogP contribution in [0.2, 0.25) is 0 Å². The van der Waals surface area contributed by atoms with Gasteiger partial charge in [-0.1, -0.05) is 0 Å². The van der Waals surface area contributed by atoms with Crippen LogP contribution in [0.15, 0.2) is 0 Å². The van der Waals surface area contributed by atoms with Crippen molar-refractivity contribution in [1.29, 1.82) is 0 Å². The minimum absolute atomic E-state index is 0.296. The van der Waals surface area contributed by atoms with Crippen LogP contribution in [-0.4, -0.2) is 48.3 Å². The second kappa shape index (κ2) is 4.46. The van der Waals surface area contributed by atoms with E-state index in [2.05, 4.69) is 10.2 Å². The maximum atomic E-state index is 6.02. The summed E-state index contributed by atoms with van der Waals surface area (Å²) in [6.45, 7) is 3.61. The summed E-state index contributed by atoms with van der Waals surface area (Å²) in [5.41, 5.74) is 0.296. The Morgan fingerprint density at radius 1 is 1.06 bits per heavy atom. The largest absolute Gasteiger partial charge is 0.375 e. The molecule has 0 bridgehead atoms. The lowest BCUT2D eigenvalue weighted by Gasteiger charge is -2.47. The Labute approximate surface area is 110 Å². The Hall–Kier alpha value is -0.120. The van der Waals surface area contributed by atoms with Gasteiger partial charge in [0.2, 0.25) is 0 Å². The maximum absolute atomic E-state index is 6.02. The van der Waals surface area contributed by atoms with E-state index < -0.39 is 0 Å². The lowest BCUT2D eigenvalue weighted by atomic mass is 9.74. The molecule has 2 unspecified atom stereocenters. The van der Waals surface area contributed by atoms with Crippen molar-refractivity contribution in [2.75, 3.05) is 19.7 Å². The van der Waals surface area contributed by atoms with Crippen molar-refractivity contribution in [3.8, 4) is 0 Å². The molecule has 0 amide bonds. The number of nitrogens with one attached hydrogen (secondary N) is 1. The number of ether oxygens (including phenoxy) is 1. The Morgan fingerprint density at radius 2 is 1.94 bits per heavy atom. The summed E-state index contributed by atoms with van der Waals surface area (Å²) in [5.74, 6) is 0. The molecule has 2 aliphatic heterocycles. The summed E-state index contributed by atoms with van der Waals surface area (Å²) in [6, 6.07) is 2.43. The van der Waals surface area contributed by atoms with Gasteiger partial charge in [-0.2, -0.15) is 0 Å². The Kier molecular flexibility index (Phi) is 2.90. The van der Waals surface area contributed by atoms with Crippen molar-refractivity contribution < 1.29 is 4.74 Å². The molecule has 0 radical (unpaired) electrons. The van der Waals surface area contributed by atoms with Gasteiger partial charge in [-0.25, -0.2) is 0 Å². The Bertz CT molecular complexity index is 312. The number of nitrogens with zero attached hydrogens (tertiary/aromatic N) is 1. The predicted octanol–water partition coefficient (Wildman–Crippen LogP) is 1.91. The first-order valence-corrected chi connectivity index (χ1v) is 7.97. The first-order chi connectivity index (χ1) is 8.83. The van der Waals surface area contributed by atoms with E-state index in [1.807, 2.05) is 0 Å². The molecular formula is C15H26N2O. The van der Waals surface area contributed by atoms with E-state index in [1.54, 1.807) is 0 Å². The van der Waals surface area contributed by atoms with Gasteiger partial charge in [0.1, 0.15) is 0 Å². The van der Waals surface area contributed by atoms with Crippen molar-refractivity contribution in [1.82, 2.24) is 10.2 Å². The normalized spacial score (nSPS) is 40.0. The van der Waals surface area contributed by atoms with Crippen molar-refractivity contribution in [2.45, 2.75) is 75.1 Å². The summed E-state index contributed by atoms with van der Waals surface area (Å²) in [7, 11) is 0. The first-order valence-electron chi connectivity index (χ1n) is 7.97. The average molecular weight is 250 g/mol. The highest BCUT2D eigenvalue weighted by Gasteiger charge is 2.43. The third-order valence-corrected chi connectivity index (χ3v) is 5.51. The SMILES string of the molecule is C1CC2(C1)CC(NC1CCN(C3CC3)C1)CCO2. The lowest BCUT2D eigenvalue weighted by molar-refractivity contribution is -0.136. The molecule has 4 fully saturated rings. The highest BCUT2D eigenvalue weighted by molar-refractivity contribution is 4.98. The summed E-state index contributed by atoms with van der Waals surface area (Å²) in [5, 5.41) is 3.93. The van der Waals surface area contributed by atoms with Gasteiger partial charge in [-0.15, -0.1) is 0 Å². The molecule has 1 N–H and O–H groups in total. The second-order valence-corrected chi connectivity index (χ2v) is 6.95. The fraction of sp³-hybridized carbons (Fsp3) is 1.00. The van der Waals surface area contributed by atoms with Crippen molar-refractivity contribution >= 4 is 0 Å². The van der Waals surface area contributed by atoms with E-state index in [0.29, 0.717) is 5.60 Å². The quantitative estimate of drug-likeness (QED) is 0.828. The topological polar surface area (TPSA) is 24.5 Å². The van der Waals surface area contributed by atoms with Crippen LogP contribution in [0.3, 0.4) is 0 Å². The second-order valence-electron chi connectivity index (χ2n) is 6.95. The predicted molar refractivity (Wildman–Crippen MR) is 71.7 cm³/mol. The number of hydrogen-bond acceptors (Lipinski definition) is 3. The van der Waals surface area contributed by atoms with Gasteiger partial charge in [0.25, 0.3) is 0 Å². The molecule has 4 rings (SSSR count). The Balaban J connectivity index is 1.29. The lowest BCUT2D eigenvalue weighted by Crippen LogP contribution is -2.53.